The molecule has 4 nitrogen and oxygen atoms in total. The molecule has 1 N–H and O–H groups in total. The SMILES string of the molecule is CNC(CCc1ncnn1C)C(C)C. The van der Waals surface area contributed by atoms with Gasteiger partial charge in [-0.05, 0) is 19.4 Å². The van der Waals surface area contributed by atoms with Gasteiger partial charge in [-0.3, -0.25) is 4.68 Å². The first-order valence-corrected chi connectivity index (χ1v) is 5.15. The van der Waals surface area contributed by atoms with Crippen LogP contribution in [0.4, 0.5) is 0 Å². The second-order valence-corrected chi connectivity index (χ2v) is 3.98. The maximum Gasteiger partial charge on any atom is 0.138 e. The third-order valence-corrected chi connectivity index (χ3v) is 2.66. The highest BCUT2D eigenvalue weighted by Gasteiger charge is 2.11. The molecule has 0 aromatic carbocycles. The summed E-state index contributed by atoms with van der Waals surface area (Å²) in [4.78, 5) is 4.21. The van der Waals surface area contributed by atoms with Crippen molar-refractivity contribution in [2.45, 2.75) is 32.7 Å². The molecule has 0 saturated heterocycles. The lowest BCUT2D eigenvalue weighted by Crippen LogP contribution is -2.31. The Kier molecular flexibility index (Phi) is 4.07. The molecule has 0 fully saturated rings. The molecule has 0 amide bonds. The quantitative estimate of drug-likeness (QED) is 0.763. The van der Waals surface area contributed by atoms with Gasteiger partial charge in [-0.2, -0.15) is 5.10 Å². The summed E-state index contributed by atoms with van der Waals surface area (Å²) in [5.74, 6) is 1.72. The molecular formula is C10H20N4. The molecule has 80 valence electrons. The van der Waals surface area contributed by atoms with Gasteiger partial charge in [0.2, 0.25) is 0 Å². The minimum atomic E-state index is 0.562. The Morgan fingerprint density at radius 3 is 2.64 bits per heavy atom. The highest BCUT2D eigenvalue weighted by Crippen LogP contribution is 2.08. The fourth-order valence-corrected chi connectivity index (χ4v) is 1.64. The number of aryl methyl sites for hydroxylation is 2. The number of nitrogens with one attached hydrogen (secondary N) is 1. The predicted octanol–water partition coefficient (Wildman–Crippen LogP) is 0.992. The lowest BCUT2D eigenvalue weighted by atomic mass is 9.99. The topological polar surface area (TPSA) is 42.7 Å². The number of rotatable bonds is 5. The normalized spacial score (nSPS) is 13.5. The molecule has 1 unspecified atom stereocenters. The van der Waals surface area contributed by atoms with Gasteiger partial charge in [0.1, 0.15) is 12.2 Å². The summed E-state index contributed by atoms with van der Waals surface area (Å²) < 4.78 is 1.84. The molecule has 1 rings (SSSR count). The van der Waals surface area contributed by atoms with Crippen molar-refractivity contribution in [3.8, 4) is 0 Å². The van der Waals surface area contributed by atoms with Crippen molar-refractivity contribution in [1.29, 1.82) is 0 Å². The fourth-order valence-electron chi connectivity index (χ4n) is 1.64. The van der Waals surface area contributed by atoms with Gasteiger partial charge in [0, 0.05) is 19.5 Å². The Labute approximate surface area is 85.7 Å². The van der Waals surface area contributed by atoms with Crippen molar-refractivity contribution in [2.75, 3.05) is 7.05 Å². The van der Waals surface area contributed by atoms with E-state index in [2.05, 4.69) is 29.2 Å². The summed E-state index contributed by atoms with van der Waals surface area (Å²) >= 11 is 0. The minimum Gasteiger partial charge on any atom is -0.317 e. The summed E-state index contributed by atoms with van der Waals surface area (Å²) in [7, 11) is 3.95. The minimum absolute atomic E-state index is 0.562. The van der Waals surface area contributed by atoms with E-state index >= 15 is 0 Å². The van der Waals surface area contributed by atoms with Crippen LogP contribution in [0, 0.1) is 5.92 Å². The molecular weight excluding hydrogens is 176 g/mol. The van der Waals surface area contributed by atoms with E-state index < -0.39 is 0 Å². The van der Waals surface area contributed by atoms with Crippen molar-refractivity contribution in [2.24, 2.45) is 13.0 Å². The summed E-state index contributed by atoms with van der Waals surface area (Å²) in [6, 6.07) is 0.562. The third kappa shape index (κ3) is 2.80. The standard InChI is InChI=1S/C10H20N4/c1-8(2)9(11-3)5-6-10-12-7-13-14(10)4/h7-9,11H,5-6H2,1-4H3. The molecule has 4 heteroatoms. The maximum atomic E-state index is 4.21. The first-order chi connectivity index (χ1) is 6.65. The molecule has 14 heavy (non-hydrogen) atoms. The summed E-state index contributed by atoms with van der Waals surface area (Å²) in [6.45, 7) is 4.47. The van der Waals surface area contributed by atoms with Crippen LogP contribution in [0.3, 0.4) is 0 Å². The van der Waals surface area contributed by atoms with Gasteiger partial charge in [-0.15, -0.1) is 0 Å². The van der Waals surface area contributed by atoms with Crippen LogP contribution in [0.5, 0.6) is 0 Å². The Balaban J connectivity index is 2.43. The Morgan fingerprint density at radius 1 is 1.50 bits per heavy atom. The van der Waals surface area contributed by atoms with Gasteiger partial charge in [-0.25, -0.2) is 4.98 Å². The molecule has 0 saturated carbocycles. The van der Waals surface area contributed by atoms with Crippen molar-refractivity contribution in [1.82, 2.24) is 20.1 Å². The van der Waals surface area contributed by atoms with Gasteiger partial charge < -0.3 is 5.32 Å². The number of aromatic nitrogens is 3. The van der Waals surface area contributed by atoms with Crippen molar-refractivity contribution < 1.29 is 0 Å². The van der Waals surface area contributed by atoms with Crippen LogP contribution in [0.25, 0.3) is 0 Å². The average Bonchev–Trinajstić information content (AvgIpc) is 2.52. The Bertz CT molecular complexity index is 267. The van der Waals surface area contributed by atoms with Crippen LogP contribution in [0.1, 0.15) is 26.1 Å². The first kappa shape index (κ1) is 11.2. The number of hydrogen-bond donors (Lipinski definition) is 1. The van der Waals surface area contributed by atoms with Gasteiger partial charge in [0.15, 0.2) is 0 Å². The second-order valence-electron chi connectivity index (χ2n) is 3.98. The van der Waals surface area contributed by atoms with E-state index in [0.29, 0.717) is 12.0 Å². The number of nitrogens with zero attached hydrogens (tertiary/aromatic N) is 3. The third-order valence-electron chi connectivity index (χ3n) is 2.66. The van der Waals surface area contributed by atoms with Crippen molar-refractivity contribution >= 4 is 0 Å². The molecule has 0 aliphatic carbocycles. The maximum absolute atomic E-state index is 4.21. The molecule has 1 atom stereocenters. The molecule has 0 spiro atoms. The van der Waals surface area contributed by atoms with Crippen LogP contribution >= 0.6 is 0 Å². The summed E-state index contributed by atoms with van der Waals surface area (Å²) in [5.41, 5.74) is 0. The highest BCUT2D eigenvalue weighted by atomic mass is 15.3. The highest BCUT2D eigenvalue weighted by molar-refractivity contribution is 4.85. The van der Waals surface area contributed by atoms with Gasteiger partial charge in [0.25, 0.3) is 0 Å². The van der Waals surface area contributed by atoms with Crippen LogP contribution in [0.2, 0.25) is 0 Å². The molecule has 1 heterocycles. The summed E-state index contributed by atoms with van der Waals surface area (Å²) in [6.07, 6.45) is 3.71. The van der Waals surface area contributed by atoms with Crippen LogP contribution < -0.4 is 5.32 Å². The van der Waals surface area contributed by atoms with Crippen LogP contribution in [0.15, 0.2) is 6.33 Å². The second kappa shape index (κ2) is 5.10. The molecule has 0 aliphatic heterocycles. The van der Waals surface area contributed by atoms with Crippen molar-refractivity contribution in [3.05, 3.63) is 12.2 Å². The zero-order valence-electron chi connectivity index (χ0n) is 9.49. The van der Waals surface area contributed by atoms with E-state index in [1.807, 2.05) is 18.8 Å². The zero-order valence-corrected chi connectivity index (χ0v) is 9.49. The van der Waals surface area contributed by atoms with E-state index in [9.17, 15) is 0 Å². The Hall–Kier alpha value is -0.900. The first-order valence-electron chi connectivity index (χ1n) is 5.15. The molecule has 0 radical (unpaired) electrons. The largest absolute Gasteiger partial charge is 0.317 e. The predicted molar refractivity (Wildman–Crippen MR) is 57.0 cm³/mol. The van der Waals surface area contributed by atoms with Gasteiger partial charge in [0.05, 0.1) is 0 Å². The summed E-state index contributed by atoms with van der Waals surface area (Å²) in [5, 5.41) is 7.38. The molecule has 0 aliphatic rings. The van der Waals surface area contributed by atoms with Gasteiger partial charge in [-0.1, -0.05) is 13.8 Å². The molecule has 0 bridgehead atoms. The van der Waals surface area contributed by atoms with E-state index in [-0.39, 0.29) is 0 Å². The van der Waals surface area contributed by atoms with Crippen molar-refractivity contribution in [3.63, 3.8) is 0 Å². The number of hydrogen-bond acceptors (Lipinski definition) is 3. The van der Waals surface area contributed by atoms with Gasteiger partial charge >= 0.3 is 0 Å². The van der Waals surface area contributed by atoms with E-state index in [1.54, 1.807) is 6.33 Å². The molecule has 1 aromatic heterocycles. The zero-order chi connectivity index (χ0) is 10.6. The van der Waals surface area contributed by atoms with Crippen LogP contribution in [-0.2, 0) is 13.5 Å². The average molecular weight is 196 g/mol. The smallest absolute Gasteiger partial charge is 0.138 e. The fraction of sp³-hybridized carbons (Fsp3) is 0.800. The lowest BCUT2D eigenvalue weighted by molar-refractivity contribution is 0.398. The Morgan fingerprint density at radius 2 is 2.21 bits per heavy atom. The van der Waals surface area contributed by atoms with Crippen LogP contribution in [-0.4, -0.2) is 27.9 Å². The molecule has 1 aromatic rings. The lowest BCUT2D eigenvalue weighted by Gasteiger charge is -2.19. The van der Waals surface area contributed by atoms with E-state index in [4.69, 9.17) is 0 Å². The monoisotopic (exact) mass is 196 g/mol. The van der Waals surface area contributed by atoms with E-state index in [0.717, 1.165) is 18.7 Å². The van der Waals surface area contributed by atoms with E-state index in [1.165, 1.54) is 0 Å².